The Bertz CT molecular complexity index is 443. The van der Waals surface area contributed by atoms with Crippen molar-refractivity contribution in [2.75, 3.05) is 24.5 Å². The van der Waals surface area contributed by atoms with Gasteiger partial charge in [0.1, 0.15) is 5.82 Å². The first-order valence-corrected chi connectivity index (χ1v) is 7.79. The molecule has 0 spiro atoms. The largest absolute Gasteiger partial charge is 0.389 e. The Morgan fingerprint density at radius 2 is 2.00 bits per heavy atom. The molecule has 0 radical (unpaired) electrons. The van der Waals surface area contributed by atoms with Crippen molar-refractivity contribution < 1.29 is 9.50 Å². The molecule has 1 aromatic carbocycles. The average molecular weight is 296 g/mol. The van der Waals surface area contributed by atoms with Crippen molar-refractivity contribution in [2.24, 2.45) is 0 Å². The van der Waals surface area contributed by atoms with Crippen molar-refractivity contribution in [3.63, 3.8) is 0 Å². The lowest BCUT2D eigenvalue weighted by molar-refractivity contribution is 0.0874. The summed E-state index contributed by atoms with van der Waals surface area (Å²) in [6.07, 6.45) is 1.04. The van der Waals surface area contributed by atoms with E-state index in [4.69, 9.17) is 0 Å². The Morgan fingerprint density at radius 3 is 2.52 bits per heavy atom. The second-order valence-corrected chi connectivity index (χ2v) is 6.18. The molecule has 1 aromatic rings. The molecule has 1 atom stereocenters. The summed E-state index contributed by atoms with van der Waals surface area (Å²) in [7, 11) is 0. The first-order valence-electron chi connectivity index (χ1n) is 7.79. The number of hydrogen-bond acceptors (Lipinski definition) is 3. The summed E-state index contributed by atoms with van der Waals surface area (Å²) in [4.78, 5) is 1.91. The number of halogens is 1. The average Bonchev–Trinajstić information content (AvgIpc) is 2.41. The van der Waals surface area contributed by atoms with Gasteiger partial charge in [-0.05, 0) is 52.3 Å². The van der Waals surface area contributed by atoms with Crippen LogP contribution in [-0.2, 0) is 0 Å². The van der Waals surface area contributed by atoms with Crippen LogP contribution < -0.4 is 10.2 Å². The fourth-order valence-electron chi connectivity index (χ4n) is 2.50. The van der Waals surface area contributed by atoms with Crippen molar-refractivity contribution in [1.29, 1.82) is 0 Å². The van der Waals surface area contributed by atoms with Gasteiger partial charge in [-0.1, -0.05) is 19.1 Å². The van der Waals surface area contributed by atoms with Crippen molar-refractivity contribution in [3.05, 3.63) is 29.6 Å². The Hall–Kier alpha value is -1.13. The van der Waals surface area contributed by atoms with Gasteiger partial charge in [0, 0.05) is 19.1 Å². The third-order valence-electron chi connectivity index (χ3n) is 3.46. The molecular weight excluding hydrogens is 267 g/mol. The van der Waals surface area contributed by atoms with Gasteiger partial charge in [-0.25, -0.2) is 4.39 Å². The van der Waals surface area contributed by atoms with Crippen molar-refractivity contribution in [1.82, 2.24) is 5.32 Å². The molecule has 0 fully saturated rings. The molecule has 0 aliphatic carbocycles. The Morgan fingerprint density at radius 1 is 1.33 bits per heavy atom. The van der Waals surface area contributed by atoms with Gasteiger partial charge in [0.25, 0.3) is 0 Å². The van der Waals surface area contributed by atoms with Crippen LogP contribution in [0.15, 0.2) is 18.2 Å². The molecular formula is C17H29FN2O. The highest BCUT2D eigenvalue weighted by Gasteiger charge is 2.23. The topological polar surface area (TPSA) is 35.5 Å². The van der Waals surface area contributed by atoms with E-state index in [0.29, 0.717) is 18.8 Å². The molecule has 0 heterocycles. The van der Waals surface area contributed by atoms with Crippen LogP contribution in [0.3, 0.4) is 0 Å². The molecule has 1 rings (SSSR count). The van der Waals surface area contributed by atoms with E-state index in [1.165, 1.54) is 6.07 Å². The van der Waals surface area contributed by atoms with Crippen LogP contribution in [-0.4, -0.2) is 30.3 Å². The van der Waals surface area contributed by atoms with E-state index in [-0.39, 0.29) is 11.9 Å². The number of para-hydroxylation sites is 1. The zero-order chi connectivity index (χ0) is 16.0. The van der Waals surface area contributed by atoms with Crippen molar-refractivity contribution >= 4 is 5.69 Å². The summed E-state index contributed by atoms with van der Waals surface area (Å²) < 4.78 is 14.4. The molecule has 0 saturated carbocycles. The second kappa shape index (κ2) is 7.76. The van der Waals surface area contributed by atoms with Gasteiger partial charge in [-0.15, -0.1) is 0 Å². The number of hydrogen-bond donors (Lipinski definition) is 2. The monoisotopic (exact) mass is 296 g/mol. The van der Waals surface area contributed by atoms with E-state index in [1.807, 2.05) is 24.8 Å². The second-order valence-electron chi connectivity index (χ2n) is 6.18. The normalized spacial score (nSPS) is 13.3. The van der Waals surface area contributed by atoms with Crippen LogP contribution in [0.25, 0.3) is 0 Å². The number of benzene rings is 1. The molecule has 0 bridgehead atoms. The number of nitrogens with one attached hydrogen (secondary N) is 1. The van der Waals surface area contributed by atoms with Gasteiger partial charge in [0.05, 0.1) is 11.3 Å². The maximum Gasteiger partial charge on any atom is 0.146 e. The van der Waals surface area contributed by atoms with Crippen LogP contribution >= 0.6 is 0 Å². The summed E-state index contributed by atoms with van der Waals surface area (Å²) in [5.74, 6) is -0.233. The summed E-state index contributed by atoms with van der Waals surface area (Å²) in [5.41, 5.74) is 0.670. The summed E-state index contributed by atoms with van der Waals surface area (Å²) in [6, 6.07) is 5.26. The number of aliphatic hydroxyl groups is 1. The molecule has 1 unspecified atom stereocenters. The lowest BCUT2D eigenvalue weighted by Crippen LogP contribution is -2.40. The van der Waals surface area contributed by atoms with E-state index < -0.39 is 5.60 Å². The zero-order valence-corrected chi connectivity index (χ0v) is 13.9. The first kappa shape index (κ1) is 17.9. The lowest BCUT2D eigenvalue weighted by atomic mass is 10.0. The predicted molar refractivity (Wildman–Crippen MR) is 87.3 cm³/mol. The molecule has 21 heavy (non-hydrogen) atoms. The molecule has 120 valence electrons. The fourth-order valence-corrected chi connectivity index (χ4v) is 2.50. The van der Waals surface area contributed by atoms with Crippen LogP contribution in [0, 0.1) is 5.82 Å². The first-order chi connectivity index (χ1) is 9.80. The fraction of sp³-hybridized carbons (Fsp3) is 0.647. The lowest BCUT2D eigenvalue weighted by Gasteiger charge is -2.33. The van der Waals surface area contributed by atoms with Gasteiger partial charge < -0.3 is 15.3 Å². The van der Waals surface area contributed by atoms with E-state index >= 15 is 0 Å². The molecule has 4 heteroatoms. The van der Waals surface area contributed by atoms with Crippen molar-refractivity contribution in [2.45, 2.75) is 52.7 Å². The molecule has 0 saturated heterocycles. The third-order valence-corrected chi connectivity index (χ3v) is 3.46. The van der Waals surface area contributed by atoms with Crippen LogP contribution in [0.4, 0.5) is 10.1 Å². The number of likely N-dealkylation sites (N-methyl/N-ethyl adjacent to an activating group) is 1. The summed E-state index contributed by atoms with van der Waals surface area (Å²) in [5, 5.41) is 13.5. The maximum atomic E-state index is 14.4. The molecule has 2 N–H and O–H groups in total. The maximum absolute atomic E-state index is 14.4. The predicted octanol–water partition coefficient (Wildman–Crippen LogP) is 3.48. The molecule has 0 aliphatic heterocycles. The number of nitrogens with zero attached hydrogens (tertiary/aromatic N) is 1. The number of rotatable bonds is 8. The van der Waals surface area contributed by atoms with Gasteiger partial charge in [-0.3, -0.25) is 0 Å². The quantitative estimate of drug-likeness (QED) is 0.771. The van der Waals surface area contributed by atoms with Gasteiger partial charge in [-0.2, -0.15) is 0 Å². The van der Waals surface area contributed by atoms with Crippen LogP contribution in [0.5, 0.6) is 0 Å². The smallest absolute Gasteiger partial charge is 0.146 e. The minimum Gasteiger partial charge on any atom is -0.389 e. The zero-order valence-electron chi connectivity index (χ0n) is 13.9. The highest BCUT2D eigenvalue weighted by molar-refractivity contribution is 5.56. The Labute approximate surface area is 128 Å². The van der Waals surface area contributed by atoms with Gasteiger partial charge >= 0.3 is 0 Å². The minimum absolute atomic E-state index is 0.0755. The molecule has 0 amide bonds. The SMILES string of the molecule is CCCNC(C)c1cccc(F)c1N(CC)CC(C)(C)O. The van der Waals surface area contributed by atoms with Crippen LogP contribution in [0.1, 0.15) is 52.6 Å². The minimum atomic E-state index is -0.865. The van der Waals surface area contributed by atoms with Crippen LogP contribution in [0.2, 0.25) is 0 Å². The van der Waals surface area contributed by atoms with Crippen molar-refractivity contribution in [3.8, 4) is 0 Å². The molecule has 3 nitrogen and oxygen atoms in total. The van der Waals surface area contributed by atoms with E-state index in [1.54, 1.807) is 19.9 Å². The highest BCUT2D eigenvalue weighted by atomic mass is 19.1. The van der Waals surface area contributed by atoms with E-state index in [2.05, 4.69) is 12.2 Å². The van der Waals surface area contributed by atoms with Gasteiger partial charge in [0.2, 0.25) is 0 Å². The Balaban J connectivity index is 3.13. The number of anilines is 1. The molecule has 0 aromatic heterocycles. The molecule has 0 aliphatic rings. The Kier molecular flexibility index (Phi) is 6.62. The van der Waals surface area contributed by atoms with E-state index in [0.717, 1.165) is 18.5 Å². The summed E-state index contributed by atoms with van der Waals surface area (Å²) >= 11 is 0. The highest BCUT2D eigenvalue weighted by Crippen LogP contribution is 2.30. The van der Waals surface area contributed by atoms with E-state index in [9.17, 15) is 9.50 Å². The summed E-state index contributed by atoms with van der Waals surface area (Å²) in [6.45, 7) is 11.6. The standard InChI is InChI=1S/C17H29FN2O/c1-6-11-19-13(3)14-9-8-10-15(18)16(14)20(7-2)12-17(4,5)21/h8-10,13,19,21H,6-7,11-12H2,1-5H3. The third kappa shape index (κ3) is 5.29. The van der Waals surface area contributed by atoms with Gasteiger partial charge in [0.15, 0.2) is 0 Å².